The van der Waals surface area contributed by atoms with Crippen LogP contribution in [0, 0.1) is 19.8 Å². The number of benzene rings is 2. The van der Waals surface area contributed by atoms with Gasteiger partial charge in [0.1, 0.15) is 11.8 Å². The molecule has 0 aliphatic rings. The van der Waals surface area contributed by atoms with Crippen LogP contribution in [0.1, 0.15) is 37.5 Å². The van der Waals surface area contributed by atoms with Crippen molar-refractivity contribution in [2.24, 2.45) is 5.92 Å². The second kappa shape index (κ2) is 11.4. The lowest BCUT2D eigenvalue weighted by molar-refractivity contribution is -0.142. The molecule has 1 atom stereocenters. The number of hydrogen-bond donors (Lipinski definition) is 1. The zero-order valence-electron chi connectivity index (χ0n) is 18.7. The van der Waals surface area contributed by atoms with Gasteiger partial charge >= 0.3 is 0 Å². The van der Waals surface area contributed by atoms with Gasteiger partial charge in [-0.15, -0.1) is 0 Å². The molecule has 0 heterocycles. The maximum atomic E-state index is 13.1. The lowest BCUT2D eigenvalue weighted by Gasteiger charge is -2.29. The van der Waals surface area contributed by atoms with Crippen molar-refractivity contribution in [1.82, 2.24) is 10.2 Å². The van der Waals surface area contributed by atoms with Gasteiger partial charge in [-0.1, -0.05) is 49.2 Å². The van der Waals surface area contributed by atoms with Crippen LogP contribution in [0.25, 0.3) is 0 Å². The number of carbonyl (C=O) groups is 2. The van der Waals surface area contributed by atoms with Crippen molar-refractivity contribution in [3.05, 3.63) is 63.1 Å². The largest absolute Gasteiger partial charge is 0.484 e. The number of ether oxygens (including phenoxy) is 1. The average Bonchev–Trinajstić information content (AvgIpc) is 2.71. The molecule has 0 spiro atoms. The van der Waals surface area contributed by atoms with Crippen molar-refractivity contribution < 1.29 is 14.3 Å². The van der Waals surface area contributed by atoms with Crippen molar-refractivity contribution >= 4 is 35.0 Å². The normalized spacial score (nSPS) is 11.9. The number of rotatable bonds is 9. The number of hydrogen-bond acceptors (Lipinski definition) is 3. The van der Waals surface area contributed by atoms with Crippen molar-refractivity contribution in [1.29, 1.82) is 0 Å². The van der Waals surface area contributed by atoms with E-state index in [0.29, 0.717) is 28.3 Å². The second-order valence-corrected chi connectivity index (χ2v) is 8.94. The molecule has 0 aliphatic heterocycles. The maximum absolute atomic E-state index is 13.1. The predicted octanol–water partition coefficient (Wildman–Crippen LogP) is 5.18. The van der Waals surface area contributed by atoms with Crippen LogP contribution < -0.4 is 10.1 Å². The minimum Gasteiger partial charge on any atom is -0.484 e. The van der Waals surface area contributed by atoms with E-state index in [4.69, 9.17) is 27.9 Å². The first kappa shape index (κ1) is 25.0. The van der Waals surface area contributed by atoms with Gasteiger partial charge in [-0.3, -0.25) is 9.59 Å². The van der Waals surface area contributed by atoms with E-state index in [2.05, 4.69) is 5.32 Å². The summed E-state index contributed by atoms with van der Waals surface area (Å²) in [5.41, 5.74) is 2.59. The quantitative estimate of drug-likeness (QED) is 0.555. The number of nitrogens with zero attached hydrogens (tertiary/aromatic N) is 1. The zero-order valence-corrected chi connectivity index (χ0v) is 20.2. The molecule has 0 radical (unpaired) electrons. The monoisotopic (exact) mass is 464 g/mol. The van der Waals surface area contributed by atoms with Crippen LogP contribution >= 0.6 is 23.2 Å². The number of carbonyl (C=O) groups excluding carboxylic acids is 2. The van der Waals surface area contributed by atoms with Crippen LogP contribution in [0.4, 0.5) is 0 Å². The minimum absolute atomic E-state index is 0.192. The van der Waals surface area contributed by atoms with Crippen LogP contribution in [0.5, 0.6) is 5.75 Å². The van der Waals surface area contributed by atoms with E-state index in [1.165, 1.54) is 4.90 Å². The molecule has 2 amide bonds. The molecule has 0 fully saturated rings. The summed E-state index contributed by atoms with van der Waals surface area (Å²) >= 11 is 12.3. The molecule has 0 aromatic heterocycles. The Hall–Kier alpha value is -2.24. The summed E-state index contributed by atoms with van der Waals surface area (Å²) in [6, 6.07) is 10.2. The first-order chi connectivity index (χ1) is 14.6. The van der Waals surface area contributed by atoms with Gasteiger partial charge in [0.15, 0.2) is 6.61 Å². The number of nitrogens with one attached hydrogen (secondary N) is 1. The molecular formula is C24H30Cl2N2O3. The molecule has 2 rings (SSSR count). The van der Waals surface area contributed by atoms with Gasteiger partial charge < -0.3 is 15.0 Å². The summed E-state index contributed by atoms with van der Waals surface area (Å²) in [5, 5.41) is 4.15. The number of halogens is 2. The average molecular weight is 465 g/mol. The van der Waals surface area contributed by atoms with E-state index in [0.717, 1.165) is 16.7 Å². The third-order valence-corrected chi connectivity index (χ3v) is 5.70. The molecule has 5 nitrogen and oxygen atoms in total. The smallest absolute Gasteiger partial charge is 0.261 e. The van der Waals surface area contributed by atoms with E-state index in [1.54, 1.807) is 31.2 Å². The topological polar surface area (TPSA) is 58.6 Å². The molecule has 0 saturated heterocycles. The lowest BCUT2D eigenvalue weighted by Crippen LogP contribution is -2.49. The van der Waals surface area contributed by atoms with Gasteiger partial charge in [0.05, 0.1) is 0 Å². The lowest BCUT2D eigenvalue weighted by atomic mass is 10.1. The SMILES string of the molecule is Cc1cc(OCC(=O)N(Cc2cccc(Cl)c2)[C@H](C)C(=O)NCC(C)C)cc(C)c1Cl. The Morgan fingerprint density at radius 2 is 1.71 bits per heavy atom. The van der Waals surface area contributed by atoms with Crippen molar-refractivity contribution in [2.75, 3.05) is 13.2 Å². The third-order valence-electron chi connectivity index (χ3n) is 4.87. The molecule has 2 aromatic carbocycles. The van der Waals surface area contributed by atoms with Crippen LogP contribution in [-0.4, -0.2) is 35.9 Å². The zero-order chi connectivity index (χ0) is 23.1. The fourth-order valence-corrected chi connectivity index (χ4v) is 3.41. The minimum atomic E-state index is -0.664. The molecule has 1 N–H and O–H groups in total. The summed E-state index contributed by atoms with van der Waals surface area (Å²) in [6.45, 7) is 10.1. The number of amides is 2. The first-order valence-electron chi connectivity index (χ1n) is 10.3. The van der Waals surface area contributed by atoms with E-state index in [-0.39, 0.29) is 25.0 Å². The van der Waals surface area contributed by atoms with Gasteiger partial charge in [0.2, 0.25) is 5.91 Å². The van der Waals surface area contributed by atoms with Crippen LogP contribution in [0.15, 0.2) is 36.4 Å². The highest BCUT2D eigenvalue weighted by Gasteiger charge is 2.26. The van der Waals surface area contributed by atoms with E-state index < -0.39 is 6.04 Å². The highest BCUT2D eigenvalue weighted by molar-refractivity contribution is 6.32. The van der Waals surface area contributed by atoms with Gasteiger partial charge in [0, 0.05) is 23.1 Å². The summed E-state index contributed by atoms with van der Waals surface area (Å²) in [5.74, 6) is 0.375. The Labute approximate surface area is 194 Å². The second-order valence-electron chi connectivity index (χ2n) is 8.13. The fourth-order valence-electron chi connectivity index (χ4n) is 3.08. The van der Waals surface area contributed by atoms with E-state index in [9.17, 15) is 9.59 Å². The van der Waals surface area contributed by atoms with Crippen LogP contribution in [0.3, 0.4) is 0 Å². The third kappa shape index (κ3) is 7.44. The van der Waals surface area contributed by atoms with E-state index >= 15 is 0 Å². The predicted molar refractivity (Wildman–Crippen MR) is 126 cm³/mol. The highest BCUT2D eigenvalue weighted by atomic mass is 35.5. The summed E-state index contributed by atoms with van der Waals surface area (Å²) in [4.78, 5) is 27.3. The fraction of sp³-hybridized carbons (Fsp3) is 0.417. The van der Waals surface area contributed by atoms with Crippen LogP contribution in [-0.2, 0) is 16.1 Å². The molecule has 7 heteroatoms. The Morgan fingerprint density at radius 1 is 1.06 bits per heavy atom. The molecule has 2 aromatic rings. The molecular weight excluding hydrogens is 435 g/mol. The Balaban J connectivity index is 2.17. The molecule has 0 unspecified atom stereocenters. The van der Waals surface area contributed by atoms with Gasteiger partial charge in [-0.05, 0) is 67.6 Å². The Morgan fingerprint density at radius 3 is 2.29 bits per heavy atom. The molecule has 31 heavy (non-hydrogen) atoms. The number of aryl methyl sites for hydroxylation is 2. The van der Waals surface area contributed by atoms with Gasteiger partial charge in [0.25, 0.3) is 5.91 Å². The Kier molecular flexibility index (Phi) is 9.20. The van der Waals surface area contributed by atoms with Gasteiger partial charge in [-0.25, -0.2) is 0 Å². The summed E-state index contributed by atoms with van der Waals surface area (Å²) < 4.78 is 5.75. The molecule has 0 aliphatic carbocycles. The summed E-state index contributed by atoms with van der Waals surface area (Å²) in [7, 11) is 0. The van der Waals surface area contributed by atoms with Crippen molar-refractivity contribution in [3.8, 4) is 5.75 Å². The standard InChI is InChI=1S/C24H30Cl2N2O3/c1-15(2)12-27-24(30)18(5)28(13-19-7-6-8-20(25)11-19)22(29)14-31-21-9-16(3)23(26)17(4)10-21/h6-11,15,18H,12-14H2,1-5H3,(H,27,30)/t18-/m1/s1. The Bertz CT molecular complexity index is 908. The van der Waals surface area contributed by atoms with Crippen LogP contribution in [0.2, 0.25) is 10.0 Å². The highest BCUT2D eigenvalue weighted by Crippen LogP contribution is 2.26. The molecule has 168 valence electrons. The van der Waals surface area contributed by atoms with Gasteiger partial charge in [-0.2, -0.15) is 0 Å². The molecule has 0 bridgehead atoms. The first-order valence-corrected chi connectivity index (χ1v) is 11.0. The van der Waals surface area contributed by atoms with Crippen molar-refractivity contribution in [3.63, 3.8) is 0 Å². The molecule has 0 saturated carbocycles. The van der Waals surface area contributed by atoms with E-state index in [1.807, 2.05) is 39.8 Å². The summed E-state index contributed by atoms with van der Waals surface area (Å²) in [6.07, 6.45) is 0. The maximum Gasteiger partial charge on any atom is 0.261 e. The van der Waals surface area contributed by atoms with Crippen molar-refractivity contribution in [2.45, 2.75) is 47.2 Å².